The lowest BCUT2D eigenvalue weighted by molar-refractivity contribution is -0.384. The zero-order chi connectivity index (χ0) is 17.0. The van der Waals surface area contributed by atoms with Gasteiger partial charge in [0.2, 0.25) is 5.82 Å². The van der Waals surface area contributed by atoms with Gasteiger partial charge in [-0.05, 0) is 18.4 Å². The molecule has 0 radical (unpaired) electrons. The molecule has 1 aromatic rings. The molecule has 126 valence electrons. The van der Waals surface area contributed by atoms with E-state index in [2.05, 4.69) is 15.1 Å². The maximum Gasteiger partial charge on any atom is 0.331 e. The number of anilines is 1. The second-order valence-corrected chi connectivity index (χ2v) is 5.17. The van der Waals surface area contributed by atoms with Gasteiger partial charge in [-0.3, -0.25) is 10.1 Å². The van der Waals surface area contributed by atoms with Crippen LogP contribution >= 0.6 is 0 Å². The number of nitro groups is 1. The van der Waals surface area contributed by atoms with Gasteiger partial charge in [-0.1, -0.05) is 5.11 Å². The molecule has 2 unspecified atom stereocenters. The lowest BCUT2D eigenvalue weighted by atomic mass is 10.1. The van der Waals surface area contributed by atoms with Gasteiger partial charge in [-0.25, -0.2) is 13.5 Å². The van der Waals surface area contributed by atoms with Gasteiger partial charge in [0.05, 0.1) is 11.0 Å². The van der Waals surface area contributed by atoms with E-state index in [9.17, 15) is 24.0 Å². The number of hydrogen-bond acceptors (Lipinski definition) is 6. The number of β-amino-alcohol motifs (C(OH)–C–C–N with tert-alkyl or cyclic N) is 1. The van der Waals surface area contributed by atoms with E-state index < -0.39 is 35.7 Å². The molecule has 1 aromatic heterocycles. The van der Waals surface area contributed by atoms with Crippen molar-refractivity contribution in [3.8, 4) is 0 Å². The minimum atomic E-state index is -2.72. The van der Waals surface area contributed by atoms with Gasteiger partial charge in [-0.15, -0.1) is 0 Å². The number of halogens is 2. The lowest BCUT2D eigenvalue weighted by Gasteiger charge is -2.24. The summed E-state index contributed by atoms with van der Waals surface area (Å²) in [5.41, 5.74) is 8.08. The van der Waals surface area contributed by atoms with Gasteiger partial charge in [0.25, 0.3) is 6.43 Å². The van der Waals surface area contributed by atoms with Crippen molar-refractivity contribution in [1.82, 2.24) is 9.78 Å². The molecule has 1 fully saturated rings. The molecule has 2 heterocycles. The molecule has 1 saturated heterocycles. The number of hydrogen-bond donors (Lipinski definition) is 1. The van der Waals surface area contributed by atoms with Crippen molar-refractivity contribution in [2.75, 3.05) is 18.0 Å². The van der Waals surface area contributed by atoms with Crippen LogP contribution in [0.1, 0.15) is 12.8 Å². The van der Waals surface area contributed by atoms with Gasteiger partial charge in [0, 0.05) is 24.0 Å². The Hall–Kier alpha value is -2.46. The fourth-order valence-electron chi connectivity index (χ4n) is 2.61. The summed E-state index contributed by atoms with van der Waals surface area (Å²) < 4.78 is 26.2. The Balaban J connectivity index is 2.33. The Kier molecular flexibility index (Phi) is 5.29. The first-order chi connectivity index (χ1) is 10.9. The van der Waals surface area contributed by atoms with Crippen molar-refractivity contribution < 1.29 is 18.8 Å². The van der Waals surface area contributed by atoms with E-state index in [1.54, 1.807) is 0 Å². The average molecular weight is 331 g/mol. The summed E-state index contributed by atoms with van der Waals surface area (Å²) in [5, 5.41) is 28.3. The molecule has 0 aliphatic carbocycles. The highest BCUT2D eigenvalue weighted by molar-refractivity contribution is 5.58. The average Bonchev–Trinajstić information content (AvgIpc) is 2.77. The van der Waals surface area contributed by atoms with Crippen LogP contribution < -0.4 is 4.90 Å². The standard InChI is InChI=1S/C11H15F2N7O3/c12-10(13)6-19-11(9(4-15-19)20(22)23)18-2-1-7(16-17-14)3-8(21)5-18/h4,7-8,10,21H,1-3,5-6H2. The molecule has 2 rings (SSSR count). The lowest BCUT2D eigenvalue weighted by Crippen LogP contribution is -2.33. The van der Waals surface area contributed by atoms with E-state index in [0.717, 1.165) is 10.9 Å². The number of aromatic nitrogens is 2. The number of aliphatic hydroxyl groups is 1. The number of azide groups is 1. The maximum absolute atomic E-state index is 12.6. The minimum Gasteiger partial charge on any atom is -0.391 e. The fraction of sp³-hybridized carbons (Fsp3) is 0.727. The highest BCUT2D eigenvalue weighted by atomic mass is 19.3. The molecule has 0 amide bonds. The number of aliphatic hydroxyl groups excluding tert-OH is 1. The van der Waals surface area contributed by atoms with Crippen LogP contribution in [0, 0.1) is 10.1 Å². The van der Waals surface area contributed by atoms with Crippen molar-refractivity contribution in [2.24, 2.45) is 5.11 Å². The first-order valence-electron chi connectivity index (χ1n) is 6.88. The molecule has 0 aromatic carbocycles. The van der Waals surface area contributed by atoms with E-state index in [4.69, 9.17) is 5.53 Å². The molecular weight excluding hydrogens is 316 g/mol. The molecule has 0 saturated carbocycles. The minimum absolute atomic E-state index is 0.00716. The summed E-state index contributed by atoms with van der Waals surface area (Å²) in [6.45, 7) is -0.556. The summed E-state index contributed by atoms with van der Waals surface area (Å²) in [7, 11) is 0. The predicted octanol–water partition coefficient (Wildman–Crippen LogP) is 1.70. The Morgan fingerprint density at radius 3 is 3.00 bits per heavy atom. The van der Waals surface area contributed by atoms with Crippen molar-refractivity contribution in [1.29, 1.82) is 0 Å². The van der Waals surface area contributed by atoms with E-state index in [-0.39, 0.29) is 25.3 Å². The molecule has 12 heteroatoms. The van der Waals surface area contributed by atoms with Crippen molar-refractivity contribution in [2.45, 2.75) is 38.0 Å². The second kappa shape index (κ2) is 7.20. The largest absolute Gasteiger partial charge is 0.391 e. The molecule has 1 aliphatic heterocycles. The van der Waals surface area contributed by atoms with E-state index in [1.807, 2.05) is 0 Å². The first-order valence-corrected chi connectivity index (χ1v) is 6.88. The molecule has 0 spiro atoms. The van der Waals surface area contributed by atoms with E-state index >= 15 is 0 Å². The van der Waals surface area contributed by atoms with Crippen molar-refractivity contribution in [3.63, 3.8) is 0 Å². The third-order valence-corrected chi connectivity index (χ3v) is 3.52. The molecule has 2 atom stereocenters. The van der Waals surface area contributed by atoms with Crippen LogP contribution in [0.15, 0.2) is 11.3 Å². The van der Waals surface area contributed by atoms with Crippen LogP contribution in [0.25, 0.3) is 10.4 Å². The predicted molar refractivity (Wildman–Crippen MR) is 75.3 cm³/mol. The summed E-state index contributed by atoms with van der Waals surface area (Å²) in [6, 6.07) is -0.453. The Morgan fingerprint density at radius 1 is 1.65 bits per heavy atom. The quantitative estimate of drug-likeness (QED) is 0.288. The summed E-state index contributed by atoms with van der Waals surface area (Å²) in [6.07, 6.45) is -2.15. The monoisotopic (exact) mass is 331 g/mol. The van der Waals surface area contributed by atoms with Gasteiger partial charge < -0.3 is 10.0 Å². The topological polar surface area (TPSA) is 133 Å². The van der Waals surface area contributed by atoms with Crippen LogP contribution in [0.3, 0.4) is 0 Å². The van der Waals surface area contributed by atoms with Crippen molar-refractivity contribution in [3.05, 3.63) is 26.8 Å². The van der Waals surface area contributed by atoms with Crippen LogP contribution in [0.4, 0.5) is 20.3 Å². The Morgan fingerprint density at radius 2 is 2.39 bits per heavy atom. The van der Waals surface area contributed by atoms with Gasteiger partial charge in [0.1, 0.15) is 12.7 Å². The number of alkyl halides is 2. The normalized spacial score (nSPS) is 21.8. The van der Waals surface area contributed by atoms with Gasteiger partial charge in [0.15, 0.2) is 0 Å². The number of rotatable bonds is 5. The van der Waals surface area contributed by atoms with Crippen molar-refractivity contribution >= 4 is 11.5 Å². The zero-order valence-electron chi connectivity index (χ0n) is 12.0. The summed E-state index contributed by atoms with van der Waals surface area (Å²) in [5.74, 6) is -0.0732. The third-order valence-electron chi connectivity index (χ3n) is 3.52. The summed E-state index contributed by atoms with van der Waals surface area (Å²) in [4.78, 5) is 14.5. The molecule has 23 heavy (non-hydrogen) atoms. The molecule has 1 N–H and O–H groups in total. The third kappa shape index (κ3) is 4.05. The van der Waals surface area contributed by atoms with Gasteiger partial charge in [-0.2, -0.15) is 5.10 Å². The molecule has 0 bridgehead atoms. The smallest absolute Gasteiger partial charge is 0.331 e. The Bertz CT molecular complexity index is 617. The molecule has 1 aliphatic rings. The van der Waals surface area contributed by atoms with E-state index in [0.29, 0.717) is 6.42 Å². The number of nitrogens with zero attached hydrogens (tertiary/aromatic N) is 7. The van der Waals surface area contributed by atoms with Gasteiger partial charge >= 0.3 is 5.69 Å². The molecule has 10 nitrogen and oxygen atoms in total. The highest BCUT2D eigenvalue weighted by Crippen LogP contribution is 2.31. The van der Waals surface area contributed by atoms with Crippen LogP contribution in [-0.2, 0) is 6.54 Å². The fourth-order valence-corrected chi connectivity index (χ4v) is 2.61. The SMILES string of the molecule is [N-]=[N+]=NC1CCN(c2c([N+](=O)[O-])cnn2CC(F)F)CC(O)C1. The molecular formula is C11H15F2N7O3. The van der Waals surface area contributed by atoms with E-state index in [1.165, 1.54) is 4.90 Å². The first kappa shape index (κ1) is 16.9. The Labute approximate surface area is 129 Å². The van der Waals surface area contributed by atoms with Crippen LogP contribution in [0.5, 0.6) is 0 Å². The highest BCUT2D eigenvalue weighted by Gasteiger charge is 2.31. The maximum atomic E-state index is 12.6. The van der Waals surface area contributed by atoms with Crippen LogP contribution in [0.2, 0.25) is 0 Å². The summed E-state index contributed by atoms with van der Waals surface area (Å²) >= 11 is 0. The van der Waals surface area contributed by atoms with Crippen LogP contribution in [-0.4, -0.2) is 51.5 Å². The zero-order valence-corrected chi connectivity index (χ0v) is 12.0. The second-order valence-electron chi connectivity index (χ2n) is 5.17.